The Balaban J connectivity index is 3.95. The quantitative estimate of drug-likeness (QED) is 0.313. The minimum Gasteiger partial charge on any atom is -0.478 e. The SMILES string of the molecule is C/C(=C/C(=O)O)SC(=N)N. The molecule has 0 aromatic carbocycles. The smallest absolute Gasteiger partial charge is 0.329 e. The number of thioether (sulfide) groups is 1. The highest BCUT2D eigenvalue weighted by Gasteiger charge is 1.95. The number of carbonyl (C=O) groups is 1. The molecule has 0 fully saturated rings. The van der Waals surface area contributed by atoms with Gasteiger partial charge in [0.15, 0.2) is 5.17 Å². The van der Waals surface area contributed by atoms with Crippen molar-refractivity contribution in [2.75, 3.05) is 0 Å². The number of amidine groups is 1. The standard InChI is InChI=1S/C5H8N2O2S/c1-3(2-4(8)9)10-5(6)7/h2H,1H3,(H3,6,7)(H,8,9)/b3-2-. The first-order valence-corrected chi connectivity index (χ1v) is 3.27. The van der Waals surface area contributed by atoms with Crippen molar-refractivity contribution >= 4 is 22.9 Å². The predicted octanol–water partition coefficient (Wildman–Crippen LogP) is 0.601. The van der Waals surface area contributed by atoms with Gasteiger partial charge >= 0.3 is 5.97 Å². The van der Waals surface area contributed by atoms with Crippen LogP contribution >= 0.6 is 11.8 Å². The third-order valence-electron chi connectivity index (χ3n) is 0.598. The molecule has 0 aromatic rings. The summed E-state index contributed by atoms with van der Waals surface area (Å²) < 4.78 is 0. The minimum absolute atomic E-state index is 0.102. The highest BCUT2D eigenvalue weighted by molar-refractivity contribution is 8.16. The average Bonchev–Trinajstić information content (AvgIpc) is 1.58. The first-order chi connectivity index (χ1) is 4.52. The number of hydrogen-bond acceptors (Lipinski definition) is 3. The van der Waals surface area contributed by atoms with Crippen molar-refractivity contribution in [2.24, 2.45) is 5.73 Å². The van der Waals surface area contributed by atoms with Gasteiger partial charge in [0.2, 0.25) is 0 Å². The first kappa shape index (κ1) is 9.03. The van der Waals surface area contributed by atoms with E-state index in [0.29, 0.717) is 4.91 Å². The number of carboxylic acids is 1. The van der Waals surface area contributed by atoms with Crippen LogP contribution in [0.15, 0.2) is 11.0 Å². The van der Waals surface area contributed by atoms with Crippen LogP contribution in [0.1, 0.15) is 6.92 Å². The van der Waals surface area contributed by atoms with Crippen molar-refractivity contribution in [2.45, 2.75) is 6.92 Å². The first-order valence-electron chi connectivity index (χ1n) is 2.45. The molecule has 0 spiro atoms. The van der Waals surface area contributed by atoms with Gasteiger partial charge in [0.1, 0.15) is 0 Å². The molecular weight excluding hydrogens is 152 g/mol. The summed E-state index contributed by atoms with van der Waals surface area (Å²) in [7, 11) is 0. The van der Waals surface area contributed by atoms with E-state index in [2.05, 4.69) is 0 Å². The molecular formula is C5H8N2O2S. The molecule has 0 aliphatic carbocycles. The third-order valence-corrected chi connectivity index (χ3v) is 1.26. The average molecular weight is 160 g/mol. The predicted molar refractivity (Wildman–Crippen MR) is 40.9 cm³/mol. The minimum atomic E-state index is -1.02. The normalized spacial score (nSPS) is 11.1. The molecule has 0 unspecified atom stereocenters. The molecule has 10 heavy (non-hydrogen) atoms. The van der Waals surface area contributed by atoms with Gasteiger partial charge in [-0.2, -0.15) is 0 Å². The van der Waals surface area contributed by atoms with E-state index in [4.69, 9.17) is 16.2 Å². The van der Waals surface area contributed by atoms with Crippen molar-refractivity contribution in [3.8, 4) is 0 Å². The second-order valence-corrected chi connectivity index (χ2v) is 2.85. The van der Waals surface area contributed by atoms with Crippen LogP contribution in [-0.4, -0.2) is 16.2 Å². The maximum atomic E-state index is 9.99. The van der Waals surface area contributed by atoms with E-state index < -0.39 is 5.97 Å². The molecule has 5 heteroatoms. The van der Waals surface area contributed by atoms with Gasteiger partial charge < -0.3 is 10.8 Å². The molecule has 4 nitrogen and oxygen atoms in total. The van der Waals surface area contributed by atoms with Crippen molar-refractivity contribution in [1.82, 2.24) is 0 Å². The Labute approximate surface area is 62.6 Å². The van der Waals surface area contributed by atoms with Crippen molar-refractivity contribution in [1.29, 1.82) is 5.41 Å². The summed E-state index contributed by atoms with van der Waals surface area (Å²) in [5.74, 6) is -1.02. The molecule has 0 atom stereocenters. The van der Waals surface area contributed by atoms with Crippen LogP contribution in [0.5, 0.6) is 0 Å². The maximum absolute atomic E-state index is 9.99. The van der Waals surface area contributed by atoms with E-state index in [1.165, 1.54) is 0 Å². The molecule has 0 rings (SSSR count). The number of carboxylic acid groups (broad SMARTS) is 1. The van der Waals surface area contributed by atoms with Gasteiger partial charge in [-0.25, -0.2) is 4.79 Å². The summed E-state index contributed by atoms with van der Waals surface area (Å²) in [6, 6.07) is 0. The van der Waals surface area contributed by atoms with E-state index in [1.54, 1.807) is 6.92 Å². The zero-order chi connectivity index (χ0) is 8.15. The summed E-state index contributed by atoms with van der Waals surface area (Å²) in [5.41, 5.74) is 4.98. The largest absolute Gasteiger partial charge is 0.478 e. The van der Waals surface area contributed by atoms with Crippen LogP contribution in [0, 0.1) is 5.41 Å². The number of hydrogen-bond donors (Lipinski definition) is 3. The van der Waals surface area contributed by atoms with E-state index in [1.807, 2.05) is 0 Å². The topological polar surface area (TPSA) is 87.2 Å². The van der Waals surface area contributed by atoms with Crippen LogP contribution in [0.2, 0.25) is 0 Å². The van der Waals surface area contributed by atoms with Crippen molar-refractivity contribution in [3.05, 3.63) is 11.0 Å². The zero-order valence-corrected chi connectivity index (χ0v) is 6.23. The van der Waals surface area contributed by atoms with Crippen LogP contribution in [-0.2, 0) is 4.79 Å². The molecule has 4 N–H and O–H groups in total. The zero-order valence-electron chi connectivity index (χ0n) is 5.42. The maximum Gasteiger partial charge on any atom is 0.329 e. The fraction of sp³-hybridized carbons (Fsp3) is 0.200. The van der Waals surface area contributed by atoms with Gasteiger partial charge in [0.25, 0.3) is 0 Å². The summed E-state index contributed by atoms with van der Waals surface area (Å²) in [6.07, 6.45) is 1.01. The van der Waals surface area contributed by atoms with Gasteiger partial charge in [-0.3, -0.25) is 5.41 Å². The van der Waals surface area contributed by atoms with E-state index in [9.17, 15) is 4.79 Å². The molecule has 56 valence electrons. The monoisotopic (exact) mass is 160 g/mol. The Morgan fingerprint density at radius 1 is 1.80 bits per heavy atom. The Kier molecular flexibility index (Phi) is 3.56. The molecule has 0 bridgehead atoms. The Bertz CT molecular complexity index is 188. The molecule has 0 saturated heterocycles. The lowest BCUT2D eigenvalue weighted by Crippen LogP contribution is -2.03. The summed E-state index contributed by atoms with van der Waals surface area (Å²) >= 11 is 0.924. The summed E-state index contributed by atoms with van der Waals surface area (Å²) in [6.45, 7) is 1.58. The molecule has 0 heterocycles. The summed E-state index contributed by atoms with van der Waals surface area (Å²) in [5, 5.41) is 14.9. The van der Waals surface area contributed by atoms with Crippen molar-refractivity contribution < 1.29 is 9.90 Å². The van der Waals surface area contributed by atoms with Gasteiger partial charge in [-0.1, -0.05) is 11.8 Å². The second kappa shape index (κ2) is 3.94. The molecule has 0 aliphatic rings. The molecule has 0 aromatic heterocycles. The van der Waals surface area contributed by atoms with Gasteiger partial charge in [0, 0.05) is 6.08 Å². The Morgan fingerprint density at radius 2 is 2.30 bits per heavy atom. The number of allylic oxidation sites excluding steroid dienone is 1. The number of aliphatic carboxylic acids is 1. The fourth-order valence-electron chi connectivity index (χ4n) is 0.377. The summed E-state index contributed by atoms with van der Waals surface area (Å²) in [4.78, 5) is 10.5. The van der Waals surface area contributed by atoms with Crippen LogP contribution in [0.3, 0.4) is 0 Å². The lowest BCUT2D eigenvalue weighted by atomic mass is 10.5. The van der Waals surface area contributed by atoms with E-state index in [0.717, 1.165) is 17.8 Å². The third kappa shape index (κ3) is 5.17. The molecule has 0 saturated carbocycles. The van der Waals surface area contributed by atoms with Gasteiger partial charge in [-0.05, 0) is 11.8 Å². The number of nitrogens with two attached hydrogens (primary N) is 1. The fourth-order valence-corrected chi connectivity index (χ4v) is 0.883. The van der Waals surface area contributed by atoms with Gasteiger partial charge in [0.05, 0.1) is 0 Å². The highest BCUT2D eigenvalue weighted by atomic mass is 32.2. The molecule has 0 amide bonds. The van der Waals surface area contributed by atoms with Crippen LogP contribution in [0.25, 0.3) is 0 Å². The van der Waals surface area contributed by atoms with Crippen molar-refractivity contribution in [3.63, 3.8) is 0 Å². The molecule has 0 aliphatic heterocycles. The van der Waals surface area contributed by atoms with Crippen LogP contribution < -0.4 is 5.73 Å². The van der Waals surface area contributed by atoms with E-state index >= 15 is 0 Å². The lowest BCUT2D eigenvalue weighted by molar-refractivity contribution is -0.131. The van der Waals surface area contributed by atoms with Crippen LogP contribution in [0.4, 0.5) is 0 Å². The highest BCUT2D eigenvalue weighted by Crippen LogP contribution is 2.12. The van der Waals surface area contributed by atoms with Gasteiger partial charge in [-0.15, -0.1) is 0 Å². The number of rotatable bonds is 2. The second-order valence-electron chi connectivity index (χ2n) is 1.56. The Hall–Kier alpha value is -0.970. The van der Waals surface area contributed by atoms with E-state index in [-0.39, 0.29) is 5.17 Å². The Morgan fingerprint density at radius 3 is 2.60 bits per heavy atom. The number of nitrogens with one attached hydrogen (secondary N) is 1. The lowest BCUT2D eigenvalue weighted by Gasteiger charge is -1.94. The molecule has 0 radical (unpaired) electrons.